The number of benzene rings is 1. The molecule has 1 unspecified atom stereocenters. The van der Waals surface area contributed by atoms with Gasteiger partial charge in [-0.25, -0.2) is 4.79 Å². The third-order valence-corrected chi connectivity index (χ3v) is 4.13. The Morgan fingerprint density at radius 3 is 2.72 bits per heavy atom. The Labute approximate surface area is 115 Å². The van der Waals surface area contributed by atoms with Gasteiger partial charge >= 0.3 is 5.97 Å². The third-order valence-electron chi connectivity index (χ3n) is 3.50. The van der Waals surface area contributed by atoms with E-state index in [1.54, 1.807) is 12.1 Å². The summed E-state index contributed by atoms with van der Waals surface area (Å²) in [5, 5.41) is 8.95. The Morgan fingerprint density at radius 1 is 1.44 bits per heavy atom. The number of hydrogen-bond donors (Lipinski definition) is 1. The van der Waals surface area contributed by atoms with E-state index < -0.39 is 5.97 Å². The van der Waals surface area contributed by atoms with Crippen LogP contribution in [-0.2, 0) is 0 Å². The van der Waals surface area contributed by atoms with Gasteiger partial charge in [0.15, 0.2) is 0 Å². The van der Waals surface area contributed by atoms with E-state index in [2.05, 4.69) is 39.7 Å². The number of halogens is 1. The average Bonchev–Trinajstić information content (AvgIpc) is 2.32. The van der Waals surface area contributed by atoms with Crippen LogP contribution in [0.2, 0.25) is 0 Å². The third kappa shape index (κ3) is 2.67. The topological polar surface area (TPSA) is 43.8 Å². The fourth-order valence-electron chi connectivity index (χ4n) is 2.16. The summed E-state index contributed by atoms with van der Waals surface area (Å²) in [7, 11) is 2.13. The van der Waals surface area contributed by atoms with Gasteiger partial charge in [0.2, 0.25) is 0 Å². The summed E-state index contributed by atoms with van der Waals surface area (Å²) < 4.78 is 0.846. The van der Waals surface area contributed by atoms with E-state index >= 15 is 0 Å². The second kappa shape index (κ2) is 5.28. The van der Waals surface area contributed by atoms with Crippen LogP contribution in [0.4, 0.5) is 5.69 Å². The lowest BCUT2D eigenvalue weighted by Gasteiger charge is -2.39. The van der Waals surface area contributed by atoms with Gasteiger partial charge in [-0.05, 0) is 48.1 Å². The van der Waals surface area contributed by atoms with Crippen molar-refractivity contribution in [3.05, 3.63) is 28.2 Å². The smallest absolute Gasteiger partial charge is 0.335 e. The van der Waals surface area contributed by atoms with E-state index in [1.807, 2.05) is 6.07 Å². The Bertz CT molecular complexity index is 464. The van der Waals surface area contributed by atoms with Crippen LogP contribution >= 0.6 is 15.9 Å². The normalized spacial score (nSPS) is 21.1. The molecule has 0 bridgehead atoms. The van der Waals surface area contributed by atoms with Crippen LogP contribution in [0.15, 0.2) is 22.7 Å². The second-order valence-electron chi connectivity index (χ2n) is 4.75. The summed E-state index contributed by atoms with van der Waals surface area (Å²) in [6, 6.07) is 5.71. The van der Waals surface area contributed by atoms with E-state index in [0.29, 0.717) is 11.6 Å². The number of carboxylic acid groups (broad SMARTS) is 1. The number of carboxylic acids is 1. The summed E-state index contributed by atoms with van der Waals surface area (Å²) >= 11 is 3.47. The van der Waals surface area contributed by atoms with Crippen molar-refractivity contribution in [1.82, 2.24) is 4.90 Å². The molecule has 0 aliphatic carbocycles. The predicted molar refractivity (Wildman–Crippen MR) is 75.4 cm³/mol. The number of piperazine rings is 1. The zero-order valence-electron chi connectivity index (χ0n) is 10.6. The number of aromatic carboxylic acids is 1. The van der Waals surface area contributed by atoms with Crippen LogP contribution in [0, 0.1) is 0 Å². The molecule has 0 aromatic heterocycles. The largest absolute Gasteiger partial charge is 0.478 e. The minimum Gasteiger partial charge on any atom is -0.478 e. The molecule has 5 heteroatoms. The highest BCUT2D eigenvalue weighted by Gasteiger charge is 2.22. The monoisotopic (exact) mass is 312 g/mol. The van der Waals surface area contributed by atoms with E-state index in [9.17, 15) is 4.79 Å². The number of likely N-dealkylation sites (N-methyl/N-ethyl adjacent to an activating group) is 1. The molecular weight excluding hydrogens is 296 g/mol. The molecule has 4 nitrogen and oxygen atoms in total. The first kappa shape index (κ1) is 13.4. The highest BCUT2D eigenvalue weighted by Crippen LogP contribution is 2.29. The molecule has 0 spiro atoms. The molecule has 98 valence electrons. The standard InChI is InChI=1S/C13H17BrN2O2/c1-9-8-16(6-5-15(9)2)12-4-3-10(13(17)18)7-11(12)14/h3-4,7,9H,5-6,8H2,1-2H3,(H,17,18). The van der Waals surface area contributed by atoms with Crippen LogP contribution in [0.3, 0.4) is 0 Å². The van der Waals surface area contributed by atoms with Gasteiger partial charge < -0.3 is 14.9 Å². The number of rotatable bonds is 2. The van der Waals surface area contributed by atoms with Gasteiger partial charge in [0, 0.05) is 30.1 Å². The Hall–Kier alpha value is -1.07. The molecule has 1 heterocycles. The number of nitrogens with zero attached hydrogens (tertiary/aromatic N) is 2. The van der Waals surface area contributed by atoms with Crippen molar-refractivity contribution in [2.75, 3.05) is 31.6 Å². The molecular formula is C13H17BrN2O2. The fraction of sp³-hybridized carbons (Fsp3) is 0.462. The van der Waals surface area contributed by atoms with Crippen molar-refractivity contribution in [2.24, 2.45) is 0 Å². The van der Waals surface area contributed by atoms with Crippen molar-refractivity contribution in [1.29, 1.82) is 0 Å². The lowest BCUT2D eigenvalue weighted by molar-refractivity contribution is 0.0697. The second-order valence-corrected chi connectivity index (χ2v) is 5.60. The van der Waals surface area contributed by atoms with E-state index in [0.717, 1.165) is 29.8 Å². The van der Waals surface area contributed by atoms with Crippen molar-refractivity contribution in [2.45, 2.75) is 13.0 Å². The summed E-state index contributed by atoms with van der Waals surface area (Å²) in [5.41, 5.74) is 1.38. The first-order valence-corrected chi connectivity index (χ1v) is 6.76. The molecule has 0 amide bonds. The van der Waals surface area contributed by atoms with E-state index in [-0.39, 0.29) is 0 Å². The molecule has 1 aliphatic rings. The van der Waals surface area contributed by atoms with Gasteiger partial charge in [0.25, 0.3) is 0 Å². The minimum absolute atomic E-state index is 0.313. The van der Waals surface area contributed by atoms with Gasteiger partial charge in [-0.3, -0.25) is 0 Å². The van der Waals surface area contributed by atoms with Crippen molar-refractivity contribution >= 4 is 27.6 Å². The maximum Gasteiger partial charge on any atom is 0.335 e. The summed E-state index contributed by atoms with van der Waals surface area (Å²) in [6.07, 6.45) is 0. The molecule has 0 radical (unpaired) electrons. The van der Waals surface area contributed by atoms with Gasteiger partial charge in [-0.2, -0.15) is 0 Å². The zero-order valence-corrected chi connectivity index (χ0v) is 12.1. The lowest BCUT2D eigenvalue weighted by atomic mass is 10.1. The van der Waals surface area contributed by atoms with Gasteiger partial charge in [0.1, 0.15) is 0 Å². The first-order chi connectivity index (χ1) is 8.49. The fourth-order valence-corrected chi connectivity index (χ4v) is 2.79. The molecule has 1 N–H and O–H groups in total. The molecule has 1 saturated heterocycles. The number of anilines is 1. The van der Waals surface area contributed by atoms with Gasteiger partial charge in [-0.1, -0.05) is 0 Å². The Balaban J connectivity index is 2.21. The van der Waals surface area contributed by atoms with Crippen LogP contribution in [0.1, 0.15) is 17.3 Å². The van der Waals surface area contributed by atoms with Crippen molar-refractivity contribution in [3.8, 4) is 0 Å². The molecule has 1 aromatic carbocycles. The predicted octanol–water partition coefficient (Wildman–Crippen LogP) is 2.29. The average molecular weight is 313 g/mol. The molecule has 1 aliphatic heterocycles. The van der Waals surface area contributed by atoms with E-state index in [1.165, 1.54) is 0 Å². The Morgan fingerprint density at radius 2 is 2.17 bits per heavy atom. The Kier molecular flexibility index (Phi) is 3.92. The molecule has 2 rings (SSSR count). The van der Waals surface area contributed by atoms with Gasteiger partial charge in [-0.15, -0.1) is 0 Å². The first-order valence-electron chi connectivity index (χ1n) is 5.97. The highest BCUT2D eigenvalue weighted by molar-refractivity contribution is 9.10. The summed E-state index contributed by atoms with van der Waals surface area (Å²) in [4.78, 5) is 15.5. The summed E-state index contributed by atoms with van der Waals surface area (Å²) in [5.74, 6) is -0.894. The SMILES string of the molecule is CC1CN(c2ccc(C(=O)O)cc2Br)CCN1C. The maximum absolute atomic E-state index is 10.9. The molecule has 0 saturated carbocycles. The lowest BCUT2D eigenvalue weighted by Crippen LogP contribution is -2.50. The quantitative estimate of drug-likeness (QED) is 0.910. The zero-order chi connectivity index (χ0) is 13.3. The van der Waals surface area contributed by atoms with Crippen LogP contribution in [-0.4, -0.2) is 48.7 Å². The maximum atomic E-state index is 10.9. The molecule has 18 heavy (non-hydrogen) atoms. The molecule has 1 atom stereocenters. The van der Waals surface area contributed by atoms with Crippen molar-refractivity contribution < 1.29 is 9.90 Å². The van der Waals surface area contributed by atoms with Crippen LogP contribution in [0.25, 0.3) is 0 Å². The number of hydrogen-bond acceptors (Lipinski definition) is 3. The molecule has 1 fully saturated rings. The minimum atomic E-state index is -0.894. The van der Waals surface area contributed by atoms with E-state index in [4.69, 9.17) is 5.11 Å². The van der Waals surface area contributed by atoms with Gasteiger partial charge in [0.05, 0.1) is 11.3 Å². The van der Waals surface area contributed by atoms with Crippen molar-refractivity contribution in [3.63, 3.8) is 0 Å². The highest BCUT2D eigenvalue weighted by atomic mass is 79.9. The van der Waals surface area contributed by atoms with Crippen LogP contribution < -0.4 is 4.90 Å². The molecule has 1 aromatic rings. The number of carbonyl (C=O) groups is 1. The summed E-state index contributed by atoms with van der Waals surface area (Å²) in [6.45, 7) is 5.15. The van der Waals surface area contributed by atoms with Crippen LogP contribution in [0.5, 0.6) is 0 Å².